The first-order chi connectivity index (χ1) is 8.15. The Hall–Kier alpha value is -1.35. The smallest absolute Gasteiger partial charge is 0.227 e. The van der Waals surface area contributed by atoms with Crippen LogP contribution in [0.4, 0.5) is 0 Å². The first-order valence-corrected chi connectivity index (χ1v) is 6.15. The van der Waals surface area contributed by atoms with Gasteiger partial charge in [0.05, 0.1) is 12.0 Å². The molecule has 0 bridgehead atoms. The topological polar surface area (TPSA) is 49.3 Å². The van der Waals surface area contributed by atoms with Crippen molar-refractivity contribution in [3.8, 4) is 0 Å². The van der Waals surface area contributed by atoms with E-state index in [1.807, 2.05) is 44.2 Å². The zero-order valence-corrected chi connectivity index (χ0v) is 10.5. The van der Waals surface area contributed by atoms with E-state index in [0.29, 0.717) is 13.0 Å². The molecule has 17 heavy (non-hydrogen) atoms. The monoisotopic (exact) mass is 235 g/mol. The Labute approximate surface area is 103 Å². The molecule has 1 amide bonds. The largest absolute Gasteiger partial charge is 0.393 e. The number of carbonyl (C=O) groups is 1. The molecule has 0 heterocycles. The Balaban J connectivity index is 2.38. The summed E-state index contributed by atoms with van der Waals surface area (Å²) >= 11 is 0. The fourth-order valence-electron chi connectivity index (χ4n) is 1.61. The number of carbonyl (C=O) groups excluding carboxylic acids is 1. The van der Waals surface area contributed by atoms with E-state index in [9.17, 15) is 9.90 Å². The molecule has 0 aliphatic heterocycles. The Kier molecular flexibility index (Phi) is 5.70. The maximum absolute atomic E-state index is 11.8. The first kappa shape index (κ1) is 13.7. The summed E-state index contributed by atoms with van der Waals surface area (Å²) in [5.41, 5.74) is 1.01. The molecule has 2 atom stereocenters. The van der Waals surface area contributed by atoms with E-state index in [1.165, 1.54) is 0 Å². The van der Waals surface area contributed by atoms with Gasteiger partial charge in [0.1, 0.15) is 0 Å². The number of benzene rings is 1. The van der Waals surface area contributed by atoms with E-state index in [4.69, 9.17) is 0 Å². The minimum absolute atomic E-state index is 0.0134. The van der Waals surface area contributed by atoms with Crippen molar-refractivity contribution >= 4 is 5.91 Å². The maximum Gasteiger partial charge on any atom is 0.227 e. The molecule has 1 rings (SSSR count). The lowest BCUT2D eigenvalue weighted by atomic mass is 10.0. The van der Waals surface area contributed by atoms with Crippen LogP contribution in [0.25, 0.3) is 0 Å². The summed E-state index contributed by atoms with van der Waals surface area (Å²) in [6, 6.07) is 9.70. The van der Waals surface area contributed by atoms with Gasteiger partial charge < -0.3 is 10.4 Å². The van der Waals surface area contributed by atoms with E-state index < -0.39 is 0 Å². The fourth-order valence-corrected chi connectivity index (χ4v) is 1.61. The Bertz CT molecular complexity index is 337. The minimum Gasteiger partial charge on any atom is -0.393 e. The molecule has 94 valence electrons. The van der Waals surface area contributed by atoms with Crippen LogP contribution in [0.15, 0.2) is 30.3 Å². The number of rotatable bonds is 6. The van der Waals surface area contributed by atoms with Gasteiger partial charge in [-0.15, -0.1) is 0 Å². The lowest BCUT2D eigenvalue weighted by molar-refractivity contribution is -0.122. The van der Waals surface area contributed by atoms with Gasteiger partial charge in [-0.05, 0) is 25.3 Å². The summed E-state index contributed by atoms with van der Waals surface area (Å²) in [7, 11) is 0. The predicted octanol–water partition coefficient (Wildman–Crippen LogP) is 2.07. The number of amides is 1. The van der Waals surface area contributed by atoms with Crippen molar-refractivity contribution < 1.29 is 9.90 Å². The van der Waals surface area contributed by atoms with Gasteiger partial charge in [0.25, 0.3) is 0 Å². The third-order valence-corrected chi connectivity index (χ3v) is 2.94. The summed E-state index contributed by atoms with van der Waals surface area (Å²) in [4.78, 5) is 11.8. The highest BCUT2D eigenvalue weighted by atomic mass is 16.3. The van der Waals surface area contributed by atoms with Crippen molar-refractivity contribution in [2.45, 2.75) is 38.7 Å². The second-order valence-corrected chi connectivity index (χ2v) is 4.27. The molecular formula is C14H21NO2. The highest BCUT2D eigenvalue weighted by Gasteiger charge is 2.14. The Morgan fingerprint density at radius 3 is 2.59 bits per heavy atom. The van der Waals surface area contributed by atoms with Gasteiger partial charge in [-0.1, -0.05) is 37.3 Å². The van der Waals surface area contributed by atoms with E-state index >= 15 is 0 Å². The fraction of sp³-hybridized carbons (Fsp3) is 0.500. The van der Waals surface area contributed by atoms with E-state index in [1.54, 1.807) is 0 Å². The second-order valence-electron chi connectivity index (χ2n) is 4.27. The van der Waals surface area contributed by atoms with Crippen LogP contribution in [0.3, 0.4) is 0 Å². The molecule has 2 N–H and O–H groups in total. The summed E-state index contributed by atoms with van der Waals surface area (Å²) in [5, 5.41) is 12.2. The second kappa shape index (κ2) is 7.07. The molecule has 0 aliphatic rings. The van der Waals surface area contributed by atoms with Crippen molar-refractivity contribution in [1.82, 2.24) is 5.32 Å². The van der Waals surface area contributed by atoms with Gasteiger partial charge in [-0.3, -0.25) is 4.79 Å². The van der Waals surface area contributed by atoms with Crippen LogP contribution in [-0.2, 0) is 4.79 Å². The predicted molar refractivity (Wildman–Crippen MR) is 68.8 cm³/mol. The molecule has 0 aromatic heterocycles. The van der Waals surface area contributed by atoms with Gasteiger partial charge in [0, 0.05) is 6.54 Å². The molecule has 0 saturated carbocycles. The van der Waals surface area contributed by atoms with E-state index in [0.717, 1.165) is 12.0 Å². The molecule has 0 fully saturated rings. The standard InChI is InChI=1S/C14H21NO2/c1-3-13(16)9-10-15-14(17)11(2)12-7-5-4-6-8-12/h4-8,11,13,16H,3,9-10H2,1-2H3,(H,15,17). The van der Waals surface area contributed by atoms with Crippen molar-refractivity contribution in [2.75, 3.05) is 6.54 Å². The van der Waals surface area contributed by atoms with Gasteiger partial charge >= 0.3 is 0 Å². The van der Waals surface area contributed by atoms with Gasteiger partial charge in [0.2, 0.25) is 5.91 Å². The number of nitrogens with one attached hydrogen (secondary N) is 1. The first-order valence-electron chi connectivity index (χ1n) is 6.15. The molecule has 0 radical (unpaired) electrons. The van der Waals surface area contributed by atoms with E-state index in [2.05, 4.69) is 5.32 Å². The van der Waals surface area contributed by atoms with Crippen LogP contribution >= 0.6 is 0 Å². The number of aliphatic hydroxyl groups is 1. The summed E-state index contributed by atoms with van der Waals surface area (Å²) in [6.45, 7) is 4.35. The third kappa shape index (κ3) is 4.57. The Morgan fingerprint density at radius 2 is 2.00 bits per heavy atom. The molecule has 0 saturated heterocycles. The summed E-state index contributed by atoms with van der Waals surface area (Å²) in [6.07, 6.45) is 1.02. The van der Waals surface area contributed by atoms with Crippen LogP contribution in [0.2, 0.25) is 0 Å². The molecular weight excluding hydrogens is 214 g/mol. The van der Waals surface area contributed by atoms with Gasteiger partial charge in [-0.25, -0.2) is 0 Å². The molecule has 1 aromatic carbocycles. The lowest BCUT2D eigenvalue weighted by Gasteiger charge is -2.13. The van der Waals surface area contributed by atoms with Crippen molar-refractivity contribution in [1.29, 1.82) is 0 Å². The van der Waals surface area contributed by atoms with Crippen LogP contribution in [0, 0.1) is 0 Å². The molecule has 0 aliphatic carbocycles. The summed E-state index contributed by atoms with van der Waals surface area (Å²) < 4.78 is 0. The zero-order valence-electron chi connectivity index (χ0n) is 10.5. The third-order valence-electron chi connectivity index (χ3n) is 2.94. The molecule has 0 spiro atoms. The van der Waals surface area contributed by atoms with Crippen molar-refractivity contribution in [3.63, 3.8) is 0 Å². The average Bonchev–Trinajstić information content (AvgIpc) is 2.38. The highest BCUT2D eigenvalue weighted by Crippen LogP contribution is 2.14. The molecule has 1 aromatic rings. The van der Waals surface area contributed by atoms with Crippen LogP contribution in [0.5, 0.6) is 0 Å². The Morgan fingerprint density at radius 1 is 1.35 bits per heavy atom. The van der Waals surface area contributed by atoms with Gasteiger partial charge in [0.15, 0.2) is 0 Å². The number of aliphatic hydroxyl groups excluding tert-OH is 1. The van der Waals surface area contributed by atoms with Crippen molar-refractivity contribution in [3.05, 3.63) is 35.9 Å². The quantitative estimate of drug-likeness (QED) is 0.793. The highest BCUT2D eigenvalue weighted by molar-refractivity contribution is 5.83. The number of hydrogen-bond donors (Lipinski definition) is 2. The normalized spacial score (nSPS) is 14.1. The van der Waals surface area contributed by atoms with Crippen LogP contribution in [0.1, 0.15) is 38.2 Å². The maximum atomic E-state index is 11.8. The van der Waals surface area contributed by atoms with Crippen LogP contribution in [-0.4, -0.2) is 23.7 Å². The SMILES string of the molecule is CCC(O)CCNC(=O)C(C)c1ccccc1. The summed E-state index contributed by atoms with van der Waals surface area (Å²) in [5.74, 6) is -0.130. The van der Waals surface area contributed by atoms with Gasteiger partial charge in [-0.2, -0.15) is 0 Å². The zero-order chi connectivity index (χ0) is 12.7. The lowest BCUT2D eigenvalue weighted by Crippen LogP contribution is -2.30. The van der Waals surface area contributed by atoms with E-state index in [-0.39, 0.29) is 17.9 Å². The number of hydrogen-bond acceptors (Lipinski definition) is 2. The van der Waals surface area contributed by atoms with Crippen LogP contribution < -0.4 is 5.32 Å². The molecule has 2 unspecified atom stereocenters. The molecule has 3 heteroatoms. The molecule has 3 nitrogen and oxygen atoms in total. The minimum atomic E-state index is -0.317. The average molecular weight is 235 g/mol. The van der Waals surface area contributed by atoms with Crippen molar-refractivity contribution in [2.24, 2.45) is 0 Å².